The highest BCUT2D eigenvalue weighted by Crippen LogP contribution is 2.67. The summed E-state index contributed by atoms with van der Waals surface area (Å²) in [5, 5.41) is 19.9. The number of ether oxygens (including phenoxy) is 1. The first-order valence-electron chi connectivity index (χ1n) is 11.3. The third kappa shape index (κ3) is 3.06. The van der Waals surface area contributed by atoms with E-state index in [2.05, 4.69) is 13.8 Å². The SMILES string of the molecule is CC(=O)OC1CC[C@@]2(C)C(CCC3C2CC[C@@]2(C)C3CC[C@@H]2C(O)CO)C1. The van der Waals surface area contributed by atoms with Gasteiger partial charge in [0.2, 0.25) is 0 Å². The molecule has 0 aromatic carbocycles. The number of rotatable bonds is 3. The predicted molar refractivity (Wildman–Crippen MR) is 104 cm³/mol. The summed E-state index contributed by atoms with van der Waals surface area (Å²) >= 11 is 0. The minimum Gasteiger partial charge on any atom is -0.463 e. The van der Waals surface area contributed by atoms with Crippen molar-refractivity contribution in [3.05, 3.63) is 0 Å². The first-order chi connectivity index (χ1) is 12.8. The molecule has 0 aliphatic heterocycles. The van der Waals surface area contributed by atoms with Gasteiger partial charge in [0.1, 0.15) is 6.10 Å². The van der Waals surface area contributed by atoms with Crippen molar-refractivity contribution < 1.29 is 19.7 Å². The molecule has 2 N–H and O–H groups in total. The second kappa shape index (κ2) is 7.02. The highest BCUT2D eigenvalue weighted by Gasteiger charge is 2.61. The summed E-state index contributed by atoms with van der Waals surface area (Å²) in [4.78, 5) is 11.4. The Labute approximate surface area is 164 Å². The van der Waals surface area contributed by atoms with Crippen LogP contribution in [0.4, 0.5) is 0 Å². The molecule has 4 aliphatic rings. The summed E-state index contributed by atoms with van der Waals surface area (Å²) in [5.41, 5.74) is 0.579. The first kappa shape index (κ1) is 19.7. The van der Waals surface area contributed by atoms with Crippen LogP contribution in [-0.2, 0) is 9.53 Å². The monoisotopic (exact) mass is 378 g/mol. The molecule has 0 saturated heterocycles. The molecule has 6 unspecified atom stereocenters. The Morgan fingerprint density at radius 2 is 1.74 bits per heavy atom. The van der Waals surface area contributed by atoms with Crippen molar-refractivity contribution in [3.63, 3.8) is 0 Å². The van der Waals surface area contributed by atoms with Crippen LogP contribution in [0.1, 0.15) is 78.6 Å². The molecule has 0 spiro atoms. The fraction of sp³-hybridized carbons (Fsp3) is 0.957. The zero-order chi connectivity index (χ0) is 19.4. The van der Waals surface area contributed by atoms with Gasteiger partial charge in [-0.2, -0.15) is 0 Å². The molecular formula is C23H38O4. The van der Waals surface area contributed by atoms with Gasteiger partial charge in [0.05, 0.1) is 12.7 Å². The lowest BCUT2D eigenvalue weighted by Crippen LogP contribution is -2.54. The molecule has 0 bridgehead atoms. The quantitative estimate of drug-likeness (QED) is 0.730. The van der Waals surface area contributed by atoms with E-state index in [-0.39, 0.29) is 30.0 Å². The molecule has 4 saturated carbocycles. The van der Waals surface area contributed by atoms with Crippen LogP contribution < -0.4 is 0 Å². The summed E-state index contributed by atoms with van der Waals surface area (Å²) < 4.78 is 5.57. The number of fused-ring (bicyclic) bond motifs is 5. The van der Waals surface area contributed by atoms with E-state index in [1.54, 1.807) is 0 Å². The van der Waals surface area contributed by atoms with Crippen LogP contribution in [0.5, 0.6) is 0 Å². The predicted octanol–water partition coefficient (Wildman–Crippen LogP) is 3.93. The Hall–Kier alpha value is -0.610. The number of esters is 1. The molecule has 0 amide bonds. The summed E-state index contributed by atoms with van der Waals surface area (Å²) in [5.74, 6) is 3.06. The zero-order valence-corrected chi connectivity index (χ0v) is 17.3. The van der Waals surface area contributed by atoms with Crippen LogP contribution in [0.15, 0.2) is 0 Å². The lowest BCUT2D eigenvalue weighted by Gasteiger charge is -2.61. The van der Waals surface area contributed by atoms with Crippen molar-refractivity contribution in [2.75, 3.05) is 6.61 Å². The maximum atomic E-state index is 11.4. The van der Waals surface area contributed by atoms with Gasteiger partial charge in [-0.05, 0) is 98.2 Å². The smallest absolute Gasteiger partial charge is 0.302 e. The fourth-order valence-corrected chi connectivity index (χ4v) is 8.36. The summed E-state index contributed by atoms with van der Waals surface area (Å²) in [6.07, 6.45) is 10.1. The van der Waals surface area contributed by atoms with Crippen LogP contribution in [-0.4, -0.2) is 35.0 Å². The van der Waals surface area contributed by atoms with E-state index in [4.69, 9.17) is 4.74 Å². The van der Waals surface area contributed by atoms with E-state index in [9.17, 15) is 15.0 Å². The molecule has 0 heterocycles. The number of aliphatic hydroxyl groups is 2. The maximum Gasteiger partial charge on any atom is 0.302 e. The topological polar surface area (TPSA) is 66.8 Å². The minimum absolute atomic E-state index is 0.0988. The van der Waals surface area contributed by atoms with Crippen molar-refractivity contribution >= 4 is 5.97 Å². The van der Waals surface area contributed by atoms with E-state index in [0.717, 1.165) is 31.1 Å². The minimum atomic E-state index is -0.553. The average Bonchev–Trinajstić information content (AvgIpc) is 2.98. The molecule has 4 heteroatoms. The Balaban J connectivity index is 1.52. The van der Waals surface area contributed by atoms with Gasteiger partial charge >= 0.3 is 5.97 Å². The molecule has 0 aromatic rings. The van der Waals surface area contributed by atoms with Gasteiger partial charge in [-0.3, -0.25) is 4.79 Å². The van der Waals surface area contributed by atoms with E-state index in [1.165, 1.54) is 45.4 Å². The maximum absolute atomic E-state index is 11.4. The molecule has 4 rings (SSSR count). The van der Waals surface area contributed by atoms with Crippen molar-refractivity contribution in [1.82, 2.24) is 0 Å². The Kier molecular flexibility index (Phi) is 5.12. The summed E-state index contributed by atoms with van der Waals surface area (Å²) in [6.45, 7) is 6.36. The first-order valence-corrected chi connectivity index (χ1v) is 11.3. The number of hydrogen-bond acceptors (Lipinski definition) is 4. The van der Waals surface area contributed by atoms with Crippen molar-refractivity contribution in [2.24, 2.45) is 40.4 Å². The standard InChI is InChI=1S/C23H38O4/c1-14(25)27-16-8-10-22(2)15(12-16)4-5-17-18-6-7-20(21(26)13-24)23(18,3)11-9-19(17)22/h15-21,24,26H,4-13H2,1-3H3/t15?,16?,17?,18?,19?,20-,21?,22+,23+/m1/s1. The van der Waals surface area contributed by atoms with Gasteiger partial charge in [-0.15, -0.1) is 0 Å². The van der Waals surface area contributed by atoms with Crippen molar-refractivity contribution in [1.29, 1.82) is 0 Å². The largest absolute Gasteiger partial charge is 0.463 e. The molecule has 0 aromatic heterocycles. The van der Waals surface area contributed by atoms with Gasteiger partial charge < -0.3 is 14.9 Å². The van der Waals surface area contributed by atoms with Gasteiger partial charge in [0.15, 0.2) is 0 Å². The molecule has 9 atom stereocenters. The highest BCUT2D eigenvalue weighted by atomic mass is 16.5. The van der Waals surface area contributed by atoms with Gasteiger partial charge in [-0.1, -0.05) is 13.8 Å². The lowest BCUT2D eigenvalue weighted by atomic mass is 9.44. The Morgan fingerprint density at radius 1 is 1.04 bits per heavy atom. The number of carbonyl (C=O) groups is 1. The van der Waals surface area contributed by atoms with Crippen molar-refractivity contribution in [3.8, 4) is 0 Å². The lowest BCUT2D eigenvalue weighted by molar-refractivity contribution is -0.161. The number of aliphatic hydroxyl groups excluding tert-OH is 2. The Bertz CT molecular complexity index is 577. The second-order valence-electron chi connectivity index (χ2n) is 10.6. The third-order valence-corrected chi connectivity index (χ3v) is 9.68. The van der Waals surface area contributed by atoms with Crippen LogP contribution >= 0.6 is 0 Å². The highest BCUT2D eigenvalue weighted by molar-refractivity contribution is 5.66. The molecule has 4 nitrogen and oxygen atoms in total. The molecular weight excluding hydrogens is 340 g/mol. The molecule has 4 fully saturated rings. The van der Waals surface area contributed by atoms with Crippen LogP contribution in [0, 0.1) is 40.4 Å². The van der Waals surface area contributed by atoms with Crippen LogP contribution in [0.2, 0.25) is 0 Å². The number of carbonyl (C=O) groups excluding carboxylic acids is 1. The zero-order valence-electron chi connectivity index (χ0n) is 17.3. The second-order valence-corrected chi connectivity index (χ2v) is 10.6. The molecule has 27 heavy (non-hydrogen) atoms. The van der Waals surface area contributed by atoms with E-state index < -0.39 is 6.10 Å². The van der Waals surface area contributed by atoms with Gasteiger partial charge in [-0.25, -0.2) is 0 Å². The normalized spacial score (nSPS) is 50.3. The fourth-order valence-electron chi connectivity index (χ4n) is 8.36. The number of hydrogen-bond donors (Lipinski definition) is 2. The third-order valence-electron chi connectivity index (χ3n) is 9.68. The summed E-state index contributed by atoms with van der Waals surface area (Å²) in [7, 11) is 0. The molecule has 4 aliphatic carbocycles. The van der Waals surface area contributed by atoms with E-state index in [0.29, 0.717) is 17.3 Å². The van der Waals surface area contributed by atoms with E-state index >= 15 is 0 Å². The van der Waals surface area contributed by atoms with Crippen LogP contribution in [0.3, 0.4) is 0 Å². The average molecular weight is 379 g/mol. The van der Waals surface area contributed by atoms with Gasteiger partial charge in [0.25, 0.3) is 0 Å². The Morgan fingerprint density at radius 3 is 2.44 bits per heavy atom. The van der Waals surface area contributed by atoms with Gasteiger partial charge in [0, 0.05) is 6.92 Å². The van der Waals surface area contributed by atoms with E-state index in [1.807, 2.05) is 0 Å². The molecule has 154 valence electrons. The summed E-state index contributed by atoms with van der Waals surface area (Å²) in [6, 6.07) is 0. The van der Waals surface area contributed by atoms with Crippen LogP contribution in [0.25, 0.3) is 0 Å². The van der Waals surface area contributed by atoms with Crippen molar-refractivity contribution in [2.45, 2.75) is 90.8 Å². The molecule has 0 radical (unpaired) electrons.